The third kappa shape index (κ3) is 5.77. The van der Waals surface area contributed by atoms with Gasteiger partial charge < -0.3 is 14.2 Å². The summed E-state index contributed by atoms with van der Waals surface area (Å²) in [6, 6.07) is 9.64. The minimum atomic E-state index is -0.104. The summed E-state index contributed by atoms with van der Waals surface area (Å²) in [5, 5.41) is -0.104. The molecule has 1 rings (SSSR count). The molecule has 0 aliphatic rings. The van der Waals surface area contributed by atoms with Crippen LogP contribution in [0.25, 0.3) is 0 Å². The molecule has 1 aromatic rings. The van der Waals surface area contributed by atoms with Crippen molar-refractivity contribution in [2.75, 3.05) is 26.9 Å². The normalized spacial score (nSPS) is 12.4. The average Bonchev–Trinajstić information content (AvgIpc) is 2.28. The maximum atomic E-state index is 5.49. The molecule has 0 N–H and O–H groups in total. The van der Waals surface area contributed by atoms with Crippen LogP contribution >= 0.6 is 15.9 Å². The topological polar surface area (TPSA) is 27.7 Å². The maximum Gasteiger partial charge on any atom is 0.146 e. The van der Waals surface area contributed by atoms with Crippen LogP contribution in [0.2, 0.25) is 0 Å². The van der Waals surface area contributed by atoms with Gasteiger partial charge in [0.2, 0.25) is 0 Å². The first-order valence-corrected chi connectivity index (χ1v) is 5.67. The van der Waals surface area contributed by atoms with E-state index in [0.29, 0.717) is 19.8 Å². The summed E-state index contributed by atoms with van der Waals surface area (Å²) in [6.07, 6.45) is 0. The maximum absolute atomic E-state index is 5.49. The molecule has 0 aliphatic carbocycles. The zero-order valence-electron chi connectivity index (χ0n) is 8.69. The molecule has 84 valence electrons. The monoisotopic (exact) mass is 274 g/mol. The lowest BCUT2D eigenvalue weighted by atomic mass is 10.3. The molecule has 4 heteroatoms. The molecule has 1 aromatic carbocycles. The molecular formula is C11H15BrO3. The van der Waals surface area contributed by atoms with E-state index in [0.717, 1.165) is 5.75 Å². The highest BCUT2D eigenvalue weighted by Gasteiger charge is 2.04. The third-order valence-electron chi connectivity index (χ3n) is 1.71. The molecule has 0 spiro atoms. The van der Waals surface area contributed by atoms with Crippen LogP contribution in [0.4, 0.5) is 0 Å². The Morgan fingerprint density at radius 3 is 2.60 bits per heavy atom. The SMILES string of the molecule is COCCOC(Br)COc1ccccc1. The van der Waals surface area contributed by atoms with Gasteiger partial charge in [0.15, 0.2) is 0 Å². The highest BCUT2D eigenvalue weighted by atomic mass is 79.9. The number of hydrogen-bond donors (Lipinski definition) is 0. The van der Waals surface area contributed by atoms with Crippen molar-refractivity contribution in [2.24, 2.45) is 0 Å². The molecule has 0 saturated carbocycles. The molecule has 0 radical (unpaired) electrons. The first kappa shape index (κ1) is 12.5. The molecule has 1 unspecified atom stereocenters. The number of alkyl halides is 1. The van der Waals surface area contributed by atoms with E-state index in [2.05, 4.69) is 15.9 Å². The van der Waals surface area contributed by atoms with Gasteiger partial charge in [-0.15, -0.1) is 0 Å². The van der Waals surface area contributed by atoms with Crippen molar-refractivity contribution < 1.29 is 14.2 Å². The second-order valence-corrected chi connectivity index (χ2v) is 3.92. The predicted molar refractivity (Wildman–Crippen MR) is 62.5 cm³/mol. The molecule has 0 amide bonds. The lowest BCUT2D eigenvalue weighted by Crippen LogP contribution is -2.17. The molecule has 0 fully saturated rings. The van der Waals surface area contributed by atoms with Crippen LogP contribution in [0.1, 0.15) is 0 Å². The van der Waals surface area contributed by atoms with Crippen molar-refractivity contribution in [1.82, 2.24) is 0 Å². The molecule has 0 bridgehead atoms. The van der Waals surface area contributed by atoms with Crippen LogP contribution in [0.3, 0.4) is 0 Å². The van der Waals surface area contributed by atoms with Gasteiger partial charge in [0.1, 0.15) is 17.4 Å². The van der Waals surface area contributed by atoms with Gasteiger partial charge in [-0.3, -0.25) is 0 Å². The Bertz CT molecular complexity index is 253. The zero-order chi connectivity index (χ0) is 10.9. The Kier molecular flexibility index (Phi) is 6.39. The number of hydrogen-bond acceptors (Lipinski definition) is 3. The van der Waals surface area contributed by atoms with E-state index in [-0.39, 0.29) is 5.01 Å². The summed E-state index contributed by atoms with van der Waals surface area (Å²) in [5.41, 5.74) is 0. The van der Waals surface area contributed by atoms with Crippen LogP contribution in [0.15, 0.2) is 30.3 Å². The smallest absolute Gasteiger partial charge is 0.146 e. The first-order chi connectivity index (χ1) is 7.33. The summed E-state index contributed by atoms with van der Waals surface area (Å²) in [4.78, 5) is 0. The zero-order valence-corrected chi connectivity index (χ0v) is 10.3. The van der Waals surface area contributed by atoms with Gasteiger partial charge in [0.05, 0.1) is 13.2 Å². The van der Waals surface area contributed by atoms with Crippen LogP contribution in [-0.2, 0) is 9.47 Å². The van der Waals surface area contributed by atoms with Crippen molar-refractivity contribution in [3.8, 4) is 5.75 Å². The Labute approximate surface area is 98.5 Å². The summed E-state index contributed by atoms with van der Waals surface area (Å²) in [7, 11) is 1.65. The molecule has 1 atom stereocenters. The van der Waals surface area contributed by atoms with E-state index in [1.54, 1.807) is 7.11 Å². The lowest BCUT2D eigenvalue weighted by Gasteiger charge is -2.12. The predicted octanol–water partition coefficient (Wildman–Crippen LogP) is 2.45. The largest absolute Gasteiger partial charge is 0.490 e. The van der Waals surface area contributed by atoms with Crippen molar-refractivity contribution in [3.05, 3.63) is 30.3 Å². The highest BCUT2D eigenvalue weighted by molar-refractivity contribution is 9.09. The van der Waals surface area contributed by atoms with E-state index < -0.39 is 0 Å². The van der Waals surface area contributed by atoms with Gasteiger partial charge in [0, 0.05) is 7.11 Å². The van der Waals surface area contributed by atoms with Gasteiger partial charge >= 0.3 is 0 Å². The van der Waals surface area contributed by atoms with E-state index in [4.69, 9.17) is 14.2 Å². The average molecular weight is 275 g/mol. The molecule has 0 saturated heterocycles. The summed E-state index contributed by atoms with van der Waals surface area (Å²) < 4.78 is 15.7. The van der Waals surface area contributed by atoms with Gasteiger partial charge in [-0.25, -0.2) is 0 Å². The highest BCUT2D eigenvalue weighted by Crippen LogP contribution is 2.11. The fourth-order valence-electron chi connectivity index (χ4n) is 0.986. The summed E-state index contributed by atoms with van der Waals surface area (Å²) >= 11 is 3.36. The number of methoxy groups -OCH3 is 1. The van der Waals surface area contributed by atoms with Gasteiger partial charge in [-0.2, -0.15) is 0 Å². The van der Waals surface area contributed by atoms with Crippen LogP contribution in [0, 0.1) is 0 Å². The molecule has 15 heavy (non-hydrogen) atoms. The molecule has 0 aromatic heterocycles. The van der Waals surface area contributed by atoms with Crippen LogP contribution < -0.4 is 4.74 Å². The van der Waals surface area contributed by atoms with Gasteiger partial charge in [0.25, 0.3) is 0 Å². The van der Waals surface area contributed by atoms with Gasteiger partial charge in [-0.1, -0.05) is 34.1 Å². The molecule has 0 heterocycles. The van der Waals surface area contributed by atoms with E-state index >= 15 is 0 Å². The Balaban J connectivity index is 2.14. The Morgan fingerprint density at radius 2 is 1.93 bits per heavy atom. The van der Waals surface area contributed by atoms with Crippen molar-refractivity contribution >= 4 is 15.9 Å². The van der Waals surface area contributed by atoms with Crippen molar-refractivity contribution in [2.45, 2.75) is 5.01 Å². The van der Waals surface area contributed by atoms with E-state index in [1.807, 2.05) is 30.3 Å². The van der Waals surface area contributed by atoms with Crippen molar-refractivity contribution in [3.63, 3.8) is 0 Å². The lowest BCUT2D eigenvalue weighted by molar-refractivity contribution is 0.0407. The fourth-order valence-corrected chi connectivity index (χ4v) is 1.30. The molecule has 3 nitrogen and oxygen atoms in total. The standard InChI is InChI=1S/C11H15BrO3/c1-13-7-8-14-11(12)9-15-10-5-3-2-4-6-10/h2-6,11H,7-9H2,1H3. The van der Waals surface area contributed by atoms with E-state index in [9.17, 15) is 0 Å². The second kappa shape index (κ2) is 7.68. The minimum absolute atomic E-state index is 0.104. The number of para-hydroxylation sites is 1. The Hall–Kier alpha value is -0.580. The summed E-state index contributed by atoms with van der Waals surface area (Å²) in [5.74, 6) is 0.845. The number of benzene rings is 1. The van der Waals surface area contributed by atoms with Crippen LogP contribution in [0.5, 0.6) is 5.75 Å². The van der Waals surface area contributed by atoms with Crippen LogP contribution in [-0.4, -0.2) is 31.9 Å². The molecular weight excluding hydrogens is 260 g/mol. The summed E-state index contributed by atoms with van der Waals surface area (Å²) in [6.45, 7) is 1.63. The molecule has 0 aliphatic heterocycles. The quantitative estimate of drug-likeness (QED) is 0.565. The second-order valence-electron chi connectivity index (χ2n) is 2.90. The van der Waals surface area contributed by atoms with E-state index in [1.165, 1.54) is 0 Å². The number of rotatable bonds is 7. The number of halogens is 1. The first-order valence-electron chi connectivity index (χ1n) is 4.75. The number of ether oxygens (including phenoxy) is 3. The minimum Gasteiger partial charge on any atom is -0.490 e. The van der Waals surface area contributed by atoms with Crippen molar-refractivity contribution in [1.29, 1.82) is 0 Å². The fraction of sp³-hybridized carbons (Fsp3) is 0.455. The Morgan fingerprint density at radius 1 is 1.20 bits per heavy atom. The van der Waals surface area contributed by atoms with Gasteiger partial charge in [-0.05, 0) is 12.1 Å². The third-order valence-corrected chi connectivity index (χ3v) is 2.24.